The first-order chi connectivity index (χ1) is 7.89. The van der Waals surface area contributed by atoms with Crippen molar-refractivity contribution in [3.05, 3.63) is 0 Å². The third kappa shape index (κ3) is 3.68. The quantitative estimate of drug-likeness (QED) is 0.739. The number of carboxylic acid groups (broad SMARTS) is 1. The van der Waals surface area contributed by atoms with Crippen LogP contribution < -0.4 is 5.32 Å². The Morgan fingerprint density at radius 3 is 2.35 bits per heavy atom. The molecule has 3 atom stereocenters. The van der Waals surface area contributed by atoms with Crippen molar-refractivity contribution in [1.82, 2.24) is 10.2 Å². The second kappa shape index (κ2) is 5.83. The Bertz CT molecular complexity index is 260. The van der Waals surface area contributed by atoms with Gasteiger partial charge in [-0.2, -0.15) is 0 Å². The van der Waals surface area contributed by atoms with E-state index >= 15 is 0 Å². The summed E-state index contributed by atoms with van der Waals surface area (Å²) in [4.78, 5) is 13.7. The SMILES string of the molecule is CCCNC(C)(CN1CC(C)C(C)C1)C(=O)O. The fourth-order valence-corrected chi connectivity index (χ4v) is 2.43. The molecule has 4 heteroatoms. The van der Waals surface area contributed by atoms with Gasteiger partial charge in [-0.15, -0.1) is 0 Å². The molecule has 1 heterocycles. The first-order valence-corrected chi connectivity index (χ1v) is 6.60. The van der Waals surface area contributed by atoms with Gasteiger partial charge in [0.1, 0.15) is 5.54 Å². The minimum Gasteiger partial charge on any atom is -0.480 e. The van der Waals surface area contributed by atoms with E-state index in [1.807, 2.05) is 0 Å². The summed E-state index contributed by atoms with van der Waals surface area (Å²) in [5.74, 6) is 0.580. The Hall–Kier alpha value is -0.610. The van der Waals surface area contributed by atoms with Crippen molar-refractivity contribution in [3.63, 3.8) is 0 Å². The highest BCUT2D eigenvalue weighted by Gasteiger charge is 2.37. The molecule has 17 heavy (non-hydrogen) atoms. The van der Waals surface area contributed by atoms with Gasteiger partial charge in [-0.3, -0.25) is 4.79 Å². The van der Waals surface area contributed by atoms with E-state index in [0.29, 0.717) is 18.4 Å². The maximum atomic E-state index is 11.4. The molecule has 2 N–H and O–H groups in total. The fraction of sp³-hybridized carbons (Fsp3) is 0.923. The molecule has 3 unspecified atom stereocenters. The number of nitrogens with one attached hydrogen (secondary N) is 1. The lowest BCUT2D eigenvalue weighted by Crippen LogP contribution is -2.56. The molecule has 0 aromatic heterocycles. The lowest BCUT2D eigenvalue weighted by Gasteiger charge is -2.31. The second-order valence-corrected chi connectivity index (χ2v) is 5.71. The zero-order valence-corrected chi connectivity index (χ0v) is 11.5. The van der Waals surface area contributed by atoms with Crippen molar-refractivity contribution in [2.45, 2.75) is 39.7 Å². The molecular weight excluding hydrogens is 216 g/mol. The number of aliphatic carboxylic acids is 1. The zero-order valence-electron chi connectivity index (χ0n) is 11.5. The monoisotopic (exact) mass is 242 g/mol. The largest absolute Gasteiger partial charge is 0.480 e. The van der Waals surface area contributed by atoms with Gasteiger partial charge in [-0.25, -0.2) is 0 Å². The van der Waals surface area contributed by atoms with Gasteiger partial charge < -0.3 is 15.3 Å². The molecule has 100 valence electrons. The summed E-state index contributed by atoms with van der Waals surface area (Å²) in [5.41, 5.74) is -0.820. The number of hydrogen-bond donors (Lipinski definition) is 2. The molecule has 1 saturated heterocycles. The van der Waals surface area contributed by atoms with Crippen molar-refractivity contribution >= 4 is 5.97 Å². The van der Waals surface area contributed by atoms with Crippen LogP contribution in [-0.2, 0) is 4.79 Å². The molecule has 0 saturated carbocycles. The average molecular weight is 242 g/mol. The molecule has 0 radical (unpaired) electrons. The molecule has 0 spiro atoms. The van der Waals surface area contributed by atoms with E-state index in [0.717, 1.165) is 26.1 Å². The van der Waals surface area contributed by atoms with Crippen LogP contribution in [0.3, 0.4) is 0 Å². The average Bonchev–Trinajstić information content (AvgIpc) is 2.54. The second-order valence-electron chi connectivity index (χ2n) is 5.71. The number of likely N-dealkylation sites (tertiary alicyclic amines) is 1. The molecular formula is C13H26N2O2. The normalized spacial score (nSPS) is 29.2. The van der Waals surface area contributed by atoms with Gasteiger partial charge in [0.15, 0.2) is 0 Å². The number of nitrogens with zero attached hydrogens (tertiary/aromatic N) is 1. The van der Waals surface area contributed by atoms with Crippen molar-refractivity contribution in [3.8, 4) is 0 Å². The van der Waals surface area contributed by atoms with Gasteiger partial charge in [0.25, 0.3) is 0 Å². The van der Waals surface area contributed by atoms with Crippen LogP contribution in [0, 0.1) is 11.8 Å². The van der Waals surface area contributed by atoms with Gasteiger partial charge >= 0.3 is 5.97 Å². The number of carbonyl (C=O) groups is 1. The van der Waals surface area contributed by atoms with Gasteiger partial charge in [0.05, 0.1) is 0 Å². The standard InChI is InChI=1S/C13H26N2O2/c1-5-6-14-13(4,12(16)17)9-15-7-10(2)11(3)8-15/h10-11,14H,5-9H2,1-4H3,(H,16,17). The van der Waals surface area contributed by atoms with Gasteiger partial charge in [0.2, 0.25) is 0 Å². The third-order valence-corrected chi connectivity index (χ3v) is 3.84. The summed E-state index contributed by atoms with van der Waals surface area (Å²) in [6.07, 6.45) is 0.954. The van der Waals surface area contributed by atoms with E-state index in [4.69, 9.17) is 0 Å². The Morgan fingerprint density at radius 1 is 1.41 bits per heavy atom. The highest BCUT2D eigenvalue weighted by atomic mass is 16.4. The Morgan fingerprint density at radius 2 is 1.94 bits per heavy atom. The molecule has 0 aromatic rings. The minimum atomic E-state index is -0.820. The van der Waals surface area contributed by atoms with Crippen molar-refractivity contribution in [2.75, 3.05) is 26.2 Å². The first-order valence-electron chi connectivity index (χ1n) is 6.60. The topological polar surface area (TPSA) is 52.6 Å². The maximum Gasteiger partial charge on any atom is 0.324 e. The van der Waals surface area contributed by atoms with Crippen molar-refractivity contribution in [1.29, 1.82) is 0 Å². The molecule has 4 nitrogen and oxygen atoms in total. The Kier molecular flexibility index (Phi) is 4.95. The van der Waals surface area contributed by atoms with Crippen LogP contribution in [0.2, 0.25) is 0 Å². The summed E-state index contributed by atoms with van der Waals surface area (Å²) in [6, 6.07) is 0. The lowest BCUT2D eigenvalue weighted by molar-refractivity contribution is -0.145. The predicted octanol–water partition coefficient (Wildman–Crippen LogP) is 1.42. The van der Waals surface area contributed by atoms with Crippen LogP contribution in [0.1, 0.15) is 34.1 Å². The van der Waals surface area contributed by atoms with E-state index in [1.54, 1.807) is 6.92 Å². The molecule has 0 aromatic carbocycles. The lowest BCUT2D eigenvalue weighted by atomic mass is 10.0. The van der Waals surface area contributed by atoms with E-state index in [2.05, 4.69) is 31.0 Å². The predicted molar refractivity (Wildman–Crippen MR) is 69.1 cm³/mol. The summed E-state index contributed by atoms with van der Waals surface area (Å²) in [5, 5.41) is 12.5. The molecule has 0 aliphatic carbocycles. The van der Waals surface area contributed by atoms with E-state index in [-0.39, 0.29) is 0 Å². The van der Waals surface area contributed by atoms with E-state index in [1.165, 1.54) is 0 Å². The molecule has 1 rings (SSSR count). The van der Waals surface area contributed by atoms with Crippen molar-refractivity contribution in [2.24, 2.45) is 11.8 Å². The molecule has 1 aliphatic heterocycles. The molecule has 0 amide bonds. The highest BCUT2D eigenvalue weighted by Crippen LogP contribution is 2.23. The summed E-state index contributed by atoms with van der Waals surface area (Å²) in [6.45, 7) is 11.7. The summed E-state index contributed by atoms with van der Waals surface area (Å²) >= 11 is 0. The molecule has 0 bridgehead atoms. The molecule has 1 aliphatic rings. The number of carboxylic acids is 1. The summed E-state index contributed by atoms with van der Waals surface area (Å²) in [7, 11) is 0. The van der Waals surface area contributed by atoms with Crippen LogP contribution in [0.4, 0.5) is 0 Å². The van der Waals surface area contributed by atoms with Gasteiger partial charge in [-0.05, 0) is 31.7 Å². The highest BCUT2D eigenvalue weighted by molar-refractivity contribution is 5.78. The minimum absolute atomic E-state index is 0.594. The molecule has 1 fully saturated rings. The van der Waals surface area contributed by atoms with Gasteiger partial charge in [0, 0.05) is 19.6 Å². The van der Waals surface area contributed by atoms with Crippen LogP contribution in [-0.4, -0.2) is 47.7 Å². The first kappa shape index (κ1) is 14.5. The van der Waals surface area contributed by atoms with Crippen LogP contribution in [0.25, 0.3) is 0 Å². The number of rotatable bonds is 6. The number of hydrogen-bond acceptors (Lipinski definition) is 3. The Labute approximate surface area is 104 Å². The maximum absolute atomic E-state index is 11.4. The van der Waals surface area contributed by atoms with Gasteiger partial charge in [-0.1, -0.05) is 20.8 Å². The zero-order chi connectivity index (χ0) is 13.1. The fourth-order valence-electron chi connectivity index (χ4n) is 2.43. The van der Waals surface area contributed by atoms with E-state index < -0.39 is 11.5 Å². The summed E-state index contributed by atoms with van der Waals surface area (Å²) < 4.78 is 0. The van der Waals surface area contributed by atoms with Crippen LogP contribution in [0.5, 0.6) is 0 Å². The Balaban J connectivity index is 2.58. The van der Waals surface area contributed by atoms with E-state index in [9.17, 15) is 9.90 Å². The smallest absolute Gasteiger partial charge is 0.324 e. The van der Waals surface area contributed by atoms with Crippen LogP contribution in [0.15, 0.2) is 0 Å². The third-order valence-electron chi connectivity index (χ3n) is 3.84. The van der Waals surface area contributed by atoms with Crippen LogP contribution >= 0.6 is 0 Å². The van der Waals surface area contributed by atoms with Crippen molar-refractivity contribution < 1.29 is 9.90 Å².